The Morgan fingerprint density at radius 1 is 0.554 bits per heavy atom. The van der Waals surface area contributed by atoms with E-state index in [9.17, 15) is 24.2 Å². The first-order chi connectivity index (χ1) is 40.0. The van der Waals surface area contributed by atoms with Gasteiger partial charge in [-0.25, -0.2) is 4.79 Å². The van der Waals surface area contributed by atoms with Crippen LogP contribution in [0.15, 0.2) is 187 Å². The van der Waals surface area contributed by atoms with Crippen molar-refractivity contribution in [2.45, 2.75) is 121 Å². The maximum absolute atomic E-state index is 14.9. The van der Waals surface area contributed by atoms with E-state index in [2.05, 4.69) is 15.6 Å². The maximum Gasteiger partial charge on any atom is 1.00 e. The van der Waals surface area contributed by atoms with Crippen LogP contribution in [0.2, 0.25) is 0 Å². The van der Waals surface area contributed by atoms with E-state index >= 15 is 0 Å². The molecule has 0 saturated carbocycles. The molecule has 2 saturated heterocycles. The number of carbonyl (C=O) groups excluding carboxylic acids is 2. The molecular formula is C63H73N3NaO15P. The van der Waals surface area contributed by atoms with Crippen LogP contribution in [0, 0.1) is 0 Å². The molecule has 0 aromatic heterocycles. The second-order valence-corrected chi connectivity index (χ2v) is 21.9. The Bertz CT molecular complexity index is 2890. The smallest absolute Gasteiger partial charge is 0.862 e. The van der Waals surface area contributed by atoms with E-state index in [-0.39, 0.29) is 89.0 Å². The Balaban J connectivity index is 0.00000990. The molecule has 2 fully saturated rings. The van der Waals surface area contributed by atoms with E-state index in [1.165, 1.54) is 13.8 Å². The molecule has 436 valence electrons. The molecule has 0 spiro atoms. The summed E-state index contributed by atoms with van der Waals surface area (Å²) in [6, 6.07) is 54.7. The van der Waals surface area contributed by atoms with Crippen LogP contribution in [-0.4, -0.2) is 116 Å². The number of ether oxygens (including phenoxy) is 9. The Morgan fingerprint density at radius 3 is 1.45 bits per heavy atom. The number of hydrogen-bond donors (Lipinski definition) is 3. The largest absolute Gasteiger partial charge is 1.00 e. The van der Waals surface area contributed by atoms with Crippen LogP contribution in [0.4, 0.5) is 4.79 Å². The zero-order valence-electron chi connectivity index (χ0n) is 47.1. The summed E-state index contributed by atoms with van der Waals surface area (Å²) in [5.74, 6) is -0.967. The Kier molecular flexibility index (Phi) is 26.9. The van der Waals surface area contributed by atoms with Crippen molar-refractivity contribution in [2.24, 2.45) is 4.99 Å². The van der Waals surface area contributed by atoms with Gasteiger partial charge in [0.1, 0.15) is 55.3 Å². The minimum absolute atomic E-state index is 0. The second-order valence-electron chi connectivity index (χ2n) is 20.0. The van der Waals surface area contributed by atoms with Crippen LogP contribution in [0.5, 0.6) is 0 Å². The van der Waals surface area contributed by atoms with Gasteiger partial charge in [0.15, 0.2) is 6.29 Å². The van der Waals surface area contributed by atoms with Gasteiger partial charge in [-0.15, -0.1) is 0 Å². The van der Waals surface area contributed by atoms with E-state index in [0.717, 1.165) is 33.4 Å². The fraction of sp³-hybridized carbons (Fsp3) is 0.381. The molecule has 8 rings (SSSR count). The Morgan fingerprint density at radius 2 is 0.976 bits per heavy atom. The molecule has 2 amide bonds. The average Bonchev–Trinajstić information content (AvgIpc) is 3.66. The van der Waals surface area contributed by atoms with Gasteiger partial charge in [0, 0.05) is 13.5 Å². The third kappa shape index (κ3) is 21.4. The van der Waals surface area contributed by atoms with Crippen LogP contribution < -0.4 is 45.3 Å². The monoisotopic (exact) mass is 1170 g/mol. The summed E-state index contributed by atoms with van der Waals surface area (Å²) in [5.41, 5.74) is 5.10. The van der Waals surface area contributed by atoms with Crippen LogP contribution >= 0.6 is 7.60 Å². The topological polar surface area (TPSA) is 223 Å². The fourth-order valence-corrected chi connectivity index (χ4v) is 10.9. The molecule has 0 bridgehead atoms. The number of rotatable bonds is 30. The van der Waals surface area contributed by atoms with E-state index in [0.29, 0.717) is 6.42 Å². The predicted molar refractivity (Wildman–Crippen MR) is 304 cm³/mol. The van der Waals surface area contributed by atoms with Crippen molar-refractivity contribution in [1.82, 2.24) is 10.6 Å². The number of alkyl carbamates (subject to hydrolysis) is 1. The molecule has 3 N–H and O–H groups in total. The van der Waals surface area contributed by atoms with E-state index in [4.69, 9.17) is 47.2 Å². The molecule has 2 heterocycles. The number of nitrogens with one attached hydrogen (secondary N) is 2. The fourth-order valence-electron chi connectivity index (χ4n) is 9.66. The Hall–Kier alpha value is -5.64. The normalized spacial score (nSPS) is 23.2. The number of carbonyl (C=O) groups is 2. The Labute approximate surface area is 507 Å². The van der Waals surface area contributed by atoms with Crippen molar-refractivity contribution in [3.05, 3.63) is 215 Å². The SMILES string of the molecule is CC(=O)N[C@@H]1[C@H](OCCCNC(=O)OCc2ccccc2)O[C@H](COP(=O)(O)C[C@H]2O[C@H](COCc3ccccc3)[C@@H](OCc3ccccc3)[C@H](OCc3ccccc3)[C@@H]2N=C(C)[O-])[C@@H](OCc2ccccc2)[C@@H]1OCc1ccccc1.[Na+]. The van der Waals surface area contributed by atoms with Crippen molar-refractivity contribution in [1.29, 1.82) is 0 Å². The molecule has 0 aliphatic carbocycles. The van der Waals surface area contributed by atoms with E-state index in [1.807, 2.05) is 182 Å². The summed E-state index contributed by atoms with van der Waals surface area (Å²) >= 11 is 0. The summed E-state index contributed by atoms with van der Waals surface area (Å²) in [7, 11) is -4.78. The maximum atomic E-state index is 14.9. The number of benzene rings is 6. The molecule has 2 aliphatic rings. The molecule has 20 heteroatoms. The zero-order chi connectivity index (χ0) is 57.4. The molecule has 11 atom stereocenters. The molecule has 83 heavy (non-hydrogen) atoms. The predicted octanol–water partition coefficient (Wildman–Crippen LogP) is 5.23. The van der Waals surface area contributed by atoms with Gasteiger partial charge in [0.2, 0.25) is 5.91 Å². The van der Waals surface area contributed by atoms with Crippen LogP contribution in [0.1, 0.15) is 53.6 Å². The first-order valence-electron chi connectivity index (χ1n) is 27.5. The summed E-state index contributed by atoms with van der Waals surface area (Å²) in [5, 5.41) is 18.9. The number of amides is 2. The van der Waals surface area contributed by atoms with Gasteiger partial charge in [-0.2, -0.15) is 0 Å². The zero-order valence-corrected chi connectivity index (χ0v) is 50.0. The van der Waals surface area contributed by atoms with Crippen molar-refractivity contribution in [3.63, 3.8) is 0 Å². The van der Waals surface area contributed by atoms with E-state index < -0.39 is 99.4 Å². The van der Waals surface area contributed by atoms with E-state index in [1.54, 1.807) is 0 Å². The van der Waals surface area contributed by atoms with Crippen molar-refractivity contribution in [2.75, 3.05) is 32.5 Å². The van der Waals surface area contributed by atoms with Gasteiger partial charge in [-0.3, -0.25) is 14.4 Å². The third-order valence-corrected chi connectivity index (χ3v) is 14.9. The average molecular weight is 1170 g/mol. The molecular weight excluding hydrogens is 1090 g/mol. The standard InChI is InChI=1S/C63H74N3O15P.Na/c1-45(67)65-56-55(80-53(42-72-36-47-22-9-3-10-23-47)58(74-37-48-24-11-4-12-25-48)60(56)76-39-50-28-15-6-16-29-50)44-82(70,71)79-43-54-59(75-38-49-26-13-5-14-27-49)61(77-40-51-30-17-7-18-31-51)57(66-46(2)68)62(81-54)73-35-21-34-64-63(69)78-41-52-32-19-8-20-33-52;/h3-20,22-33,53-62H,21,34-44H2,1-2H3,(H,64,69)(H,65,67)(H,66,68)(H,70,71);/q;+1/p-1/t53-,54-,55-,56-,57+,58-,59-,60-,61-,62-;/m1./s1. The minimum Gasteiger partial charge on any atom is -0.862 e. The van der Waals surface area contributed by atoms with Gasteiger partial charge in [-0.05, 0) is 52.6 Å². The third-order valence-electron chi connectivity index (χ3n) is 13.6. The first-order valence-corrected chi connectivity index (χ1v) is 29.3. The first kappa shape index (κ1) is 64.9. The van der Waals surface area contributed by atoms with Crippen LogP contribution in [0.3, 0.4) is 0 Å². The molecule has 6 aromatic carbocycles. The molecule has 2 aliphatic heterocycles. The van der Waals surface area contributed by atoms with Crippen molar-refractivity contribution < 1.29 is 101 Å². The van der Waals surface area contributed by atoms with Gasteiger partial charge in [-0.1, -0.05) is 182 Å². The van der Waals surface area contributed by atoms with Gasteiger partial charge in [0.05, 0.1) is 65.1 Å². The van der Waals surface area contributed by atoms with Gasteiger partial charge < -0.3 is 67.8 Å². The summed E-state index contributed by atoms with van der Waals surface area (Å²) < 4.78 is 79.3. The summed E-state index contributed by atoms with van der Waals surface area (Å²) in [6.07, 6.45) is -9.36. The molecule has 0 radical (unpaired) electrons. The van der Waals surface area contributed by atoms with Crippen LogP contribution in [-0.2, 0) is 96.2 Å². The quantitative estimate of drug-likeness (QED) is 0.0173. The molecule has 6 aromatic rings. The van der Waals surface area contributed by atoms with Crippen molar-refractivity contribution >= 4 is 25.5 Å². The molecule has 18 nitrogen and oxygen atoms in total. The summed E-state index contributed by atoms with van der Waals surface area (Å²) in [4.78, 5) is 42.3. The number of hydrogen-bond acceptors (Lipinski definition) is 15. The number of aliphatic imine (C=N–C) groups is 1. The second kappa shape index (κ2) is 34.3. The number of nitrogens with zero attached hydrogens (tertiary/aromatic N) is 1. The molecule has 1 unspecified atom stereocenters. The van der Waals surface area contributed by atoms with Gasteiger partial charge >= 0.3 is 43.2 Å². The van der Waals surface area contributed by atoms with Crippen LogP contribution in [0.25, 0.3) is 0 Å². The minimum atomic E-state index is -4.78. The summed E-state index contributed by atoms with van der Waals surface area (Å²) in [6.45, 7) is 3.03. The van der Waals surface area contributed by atoms with Gasteiger partial charge in [0.25, 0.3) is 0 Å². The van der Waals surface area contributed by atoms with Crippen molar-refractivity contribution in [3.8, 4) is 0 Å².